The highest BCUT2D eigenvalue weighted by atomic mass is 32.2. The Morgan fingerprint density at radius 3 is 2.57 bits per heavy atom. The molecule has 0 unspecified atom stereocenters. The molecule has 0 N–H and O–H groups in total. The average molecular weight is 394 g/mol. The molecular formula is C20H15FN4O2S. The van der Waals surface area contributed by atoms with E-state index < -0.39 is 0 Å². The topological polar surface area (TPSA) is 71.6 Å². The average Bonchev–Trinajstić information content (AvgIpc) is 3.25. The second-order valence-electron chi connectivity index (χ2n) is 5.98. The van der Waals surface area contributed by atoms with Crippen LogP contribution in [-0.2, 0) is 10.5 Å². The molecule has 0 atom stereocenters. The molecule has 1 aliphatic heterocycles. The Bertz CT molecular complexity index is 1060. The lowest BCUT2D eigenvalue weighted by Crippen LogP contribution is -2.30. The molecule has 1 amide bonds. The van der Waals surface area contributed by atoms with Gasteiger partial charge in [-0.3, -0.25) is 9.69 Å². The van der Waals surface area contributed by atoms with E-state index in [9.17, 15) is 9.18 Å². The Balaban J connectivity index is 1.66. The van der Waals surface area contributed by atoms with E-state index in [1.165, 1.54) is 28.8 Å². The Labute approximate surface area is 164 Å². The standard InChI is InChI=1S/C20H15FN4O2S/c1-13-22-18(27-24-13)12-28-20-23-17(11-14-5-3-2-4-6-14)19(26)25(20)16-9-7-15(21)8-10-16/h2-11H,12H2,1H3/b17-11-. The van der Waals surface area contributed by atoms with Crippen molar-refractivity contribution < 1.29 is 13.7 Å². The van der Waals surface area contributed by atoms with Crippen LogP contribution in [0.15, 0.2) is 69.8 Å². The number of benzene rings is 2. The monoisotopic (exact) mass is 394 g/mol. The summed E-state index contributed by atoms with van der Waals surface area (Å²) in [5.41, 5.74) is 1.71. The van der Waals surface area contributed by atoms with Crippen LogP contribution in [0.1, 0.15) is 17.3 Å². The molecule has 2 aromatic carbocycles. The van der Waals surface area contributed by atoms with Crippen molar-refractivity contribution in [2.75, 3.05) is 4.90 Å². The zero-order chi connectivity index (χ0) is 19.5. The first-order valence-electron chi connectivity index (χ1n) is 8.47. The predicted molar refractivity (Wildman–Crippen MR) is 106 cm³/mol. The van der Waals surface area contributed by atoms with E-state index in [4.69, 9.17) is 4.52 Å². The maximum atomic E-state index is 13.3. The summed E-state index contributed by atoms with van der Waals surface area (Å²) in [6.07, 6.45) is 1.73. The molecule has 28 heavy (non-hydrogen) atoms. The van der Waals surface area contributed by atoms with Crippen molar-refractivity contribution in [2.45, 2.75) is 12.7 Å². The fourth-order valence-electron chi connectivity index (χ4n) is 2.64. The van der Waals surface area contributed by atoms with Crippen LogP contribution in [0.3, 0.4) is 0 Å². The van der Waals surface area contributed by atoms with Crippen molar-refractivity contribution in [1.82, 2.24) is 10.1 Å². The number of hydrogen-bond acceptors (Lipinski definition) is 6. The molecule has 4 rings (SSSR count). The van der Waals surface area contributed by atoms with Gasteiger partial charge >= 0.3 is 0 Å². The minimum Gasteiger partial charge on any atom is -0.338 e. The molecular weight excluding hydrogens is 379 g/mol. The molecule has 0 saturated carbocycles. The third-order valence-corrected chi connectivity index (χ3v) is 4.84. The van der Waals surface area contributed by atoms with Crippen LogP contribution >= 0.6 is 11.8 Å². The van der Waals surface area contributed by atoms with Gasteiger partial charge in [-0.15, -0.1) is 0 Å². The second kappa shape index (κ2) is 7.77. The minimum absolute atomic E-state index is 0.278. The Kier molecular flexibility index (Phi) is 5.03. The number of nitrogens with zero attached hydrogens (tertiary/aromatic N) is 4. The van der Waals surface area contributed by atoms with E-state index in [2.05, 4.69) is 15.1 Å². The molecule has 140 valence electrons. The fourth-order valence-corrected chi connectivity index (χ4v) is 3.49. The molecule has 0 aliphatic carbocycles. The molecule has 1 aliphatic rings. The molecule has 1 aromatic heterocycles. The van der Waals surface area contributed by atoms with Gasteiger partial charge in [0.05, 0.1) is 11.4 Å². The molecule has 2 heterocycles. The van der Waals surface area contributed by atoms with Gasteiger partial charge < -0.3 is 4.52 Å². The predicted octanol–water partition coefficient (Wildman–Crippen LogP) is 4.19. The summed E-state index contributed by atoms with van der Waals surface area (Å²) in [4.78, 5) is 23.1. The summed E-state index contributed by atoms with van der Waals surface area (Å²) in [5.74, 6) is 0.698. The Morgan fingerprint density at radius 2 is 1.89 bits per heavy atom. The molecule has 6 nitrogen and oxygen atoms in total. The van der Waals surface area contributed by atoms with Gasteiger partial charge in [-0.2, -0.15) is 4.98 Å². The largest absolute Gasteiger partial charge is 0.338 e. The lowest BCUT2D eigenvalue weighted by molar-refractivity contribution is -0.113. The number of amidine groups is 1. The summed E-state index contributed by atoms with van der Waals surface area (Å²) in [6.45, 7) is 1.74. The number of rotatable bonds is 4. The first kappa shape index (κ1) is 18.1. The highest BCUT2D eigenvalue weighted by molar-refractivity contribution is 8.13. The minimum atomic E-state index is -0.372. The molecule has 0 fully saturated rings. The quantitative estimate of drug-likeness (QED) is 0.621. The zero-order valence-corrected chi connectivity index (χ0v) is 15.7. The number of aliphatic imine (C=N–C) groups is 1. The number of aromatic nitrogens is 2. The number of amides is 1. The van der Waals surface area contributed by atoms with Crippen LogP contribution < -0.4 is 4.90 Å². The molecule has 0 spiro atoms. The van der Waals surface area contributed by atoms with Crippen molar-refractivity contribution in [1.29, 1.82) is 0 Å². The fraction of sp³-hybridized carbons (Fsp3) is 0.100. The van der Waals surface area contributed by atoms with Crippen molar-refractivity contribution in [3.8, 4) is 0 Å². The first-order chi connectivity index (χ1) is 13.6. The Morgan fingerprint density at radius 1 is 1.14 bits per heavy atom. The summed E-state index contributed by atoms with van der Waals surface area (Å²) in [7, 11) is 0. The summed E-state index contributed by atoms with van der Waals surface area (Å²) in [6, 6.07) is 15.2. The van der Waals surface area contributed by atoms with E-state index in [0.29, 0.717) is 34.0 Å². The lowest BCUT2D eigenvalue weighted by atomic mass is 10.2. The van der Waals surface area contributed by atoms with Crippen LogP contribution in [0.4, 0.5) is 10.1 Å². The summed E-state index contributed by atoms with van der Waals surface area (Å²) in [5, 5.41) is 4.23. The van der Waals surface area contributed by atoms with Gasteiger partial charge in [0.15, 0.2) is 11.0 Å². The van der Waals surface area contributed by atoms with Crippen LogP contribution in [0.2, 0.25) is 0 Å². The number of thioether (sulfide) groups is 1. The lowest BCUT2D eigenvalue weighted by Gasteiger charge is -2.17. The van der Waals surface area contributed by atoms with Gasteiger partial charge in [0.25, 0.3) is 5.91 Å². The van der Waals surface area contributed by atoms with Crippen molar-refractivity contribution in [2.24, 2.45) is 4.99 Å². The molecule has 0 radical (unpaired) electrons. The second-order valence-corrected chi connectivity index (χ2v) is 6.92. The third-order valence-electron chi connectivity index (χ3n) is 3.91. The van der Waals surface area contributed by atoms with Crippen molar-refractivity contribution in [3.05, 3.63) is 83.4 Å². The molecule has 3 aromatic rings. The highest BCUT2D eigenvalue weighted by Gasteiger charge is 2.32. The van der Waals surface area contributed by atoms with Crippen molar-refractivity contribution >= 4 is 34.6 Å². The number of anilines is 1. The normalized spacial score (nSPS) is 15.4. The van der Waals surface area contributed by atoms with E-state index >= 15 is 0 Å². The molecule has 0 saturated heterocycles. The van der Waals surface area contributed by atoms with Gasteiger partial charge in [-0.25, -0.2) is 9.38 Å². The maximum Gasteiger partial charge on any atom is 0.283 e. The highest BCUT2D eigenvalue weighted by Crippen LogP contribution is 2.30. The van der Waals surface area contributed by atoms with Gasteiger partial charge in [0, 0.05) is 0 Å². The number of halogens is 1. The maximum absolute atomic E-state index is 13.3. The van der Waals surface area contributed by atoms with E-state index in [1.54, 1.807) is 25.1 Å². The summed E-state index contributed by atoms with van der Waals surface area (Å²) >= 11 is 1.30. The molecule has 0 bridgehead atoms. The van der Waals surface area contributed by atoms with Crippen LogP contribution in [-0.4, -0.2) is 21.2 Å². The van der Waals surface area contributed by atoms with E-state index in [0.717, 1.165) is 5.56 Å². The van der Waals surface area contributed by atoms with Gasteiger partial charge in [-0.1, -0.05) is 47.3 Å². The number of aryl methyl sites for hydroxylation is 1. The number of carbonyl (C=O) groups is 1. The van der Waals surface area contributed by atoms with E-state index in [-0.39, 0.29) is 11.7 Å². The number of hydrogen-bond donors (Lipinski definition) is 0. The zero-order valence-electron chi connectivity index (χ0n) is 14.9. The van der Waals surface area contributed by atoms with Crippen molar-refractivity contribution in [3.63, 3.8) is 0 Å². The molecule has 8 heteroatoms. The first-order valence-corrected chi connectivity index (χ1v) is 9.46. The van der Waals surface area contributed by atoms with Gasteiger partial charge in [0.2, 0.25) is 5.89 Å². The third kappa shape index (κ3) is 3.86. The van der Waals surface area contributed by atoms with E-state index in [1.807, 2.05) is 30.3 Å². The van der Waals surface area contributed by atoms with Crippen LogP contribution in [0, 0.1) is 12.7 Å². The number of carbonyl (C=O) groups excluding carboxylic acids is 1. The smallest absolute Gasteiger partial charge is 0.283 e. The Hall–Kier alpha value is -3.26. The van der Waals surface area contributed by atoms with Gasteiger partial charge in [0.1, 0.15) is 11.5 Å². The summed E-state index contributed by atoms with van der Waals surface area (Å²) < 4.78 is 18.5. The van der Waals surface area contributed by atoms with Crippen LogP contribution in [0.25, 0.3) is 6.08 Å². The van der Waals surface area contributed by atoms with Gasteiger partial charge in [-0.05, 0) is 42.8 Å². The van der Waals surface area contributed by atoms with Crippen LogP contribution in [0.5, 0.6) is 0 Å². The SMILES string of the molecule is Cc1noc(CSC2=N/C(=C\c3ccccc3)C(=O)N2c2ccc(F)cc2)n1.